The van der Waals surface area contributed by atoms with Crippen LogP contribution in [0.25, 0.3) is 0 Å². The molecule has 0 radical (unpaired) electrons. The van der Waals surface area contributed by atoms with E-state index in [0.29, 0.717) is 12.3 Å². The van der Waals surface area contributed by atoms with Gasteiger partial charge in [0.25, 0.3) is 0 Å². The van der Waals surface area contributed by atoms with Gasteiger partial charge in [-0.3, -0.25) is 10.3 Å². The lowest BCUT2D eigenvalue weighted by molar-refractivity contribution is -0.127. The highest BCUT2D eigenvalue weighted by Crippen LogP contribution is 2.30. The molecule has 0 aliphatic carbocycles. The Labute approximate surface area is 123 Å². The van der Waals surface area contributed by atoms with Crippen LogP contribution in [0.2, 0.25) is 0 Å². The van der Waals surface area contributed by atoms with E-state index < -0.39 is 5.97 Å². The highest BCUT2D eigenvalue weighted by Gasteiger charge is 2.32. The maximum atomic E-state index is 11.7. The summed E-state index contributed by atoms with van der Waals surface area (Å²) in [5.41, 5.74) is 0.819. The van der Waals surface area contributed by atoms with Gasteiger partial charge >= 0.3 is 5.97 Å². The summed E-state index contributed by atoms with van der Waals surface area (Å²) >= 11 is 0. The van der Waals surface area contributed by atoms with Crippen LogP contribution in [-0.2, 0) is 9.53 Å². The quantitative estimate of drug-likeness (QED) is 0.627. The van der Waals surface area contributed by atoms with Crippen molar-refractivity contribution in [2.45, 2.75) is 6.04 Å². The Bertz CT molecular complexity index is 541. The van der Waals surface area contributed by atoms with Crippen LogP contribution in [0.15, 0.2) is 24.3 Å². The van der Waals surface area contributed by atoms with Gasteiger partial charge in [0, 0.05) is 31.7 Å². The number of fused-ring (bicyclic) bond motifs is 1. The van der Waals surface area contributed by atoms with Crippen LogP contribution in [-0.4, -0.2) is 56.0 Å². The summed E-state index contributed by atoms with van der Waals surface area (Å²) in [4.78, 5) is 14.0. The lowest BCUT2D eigenvalue weighted by atomic mass is 9.98. The molecule has 2 heterocycles. The van der Waals surface area contributed by atoms with Crippen LogP contribution in [0.1, 0.15) is 11.6 Å². The van der Waals surface area contributed by atoms with E-state index in [-0.39, 0.29) is 11.8 Å². The van der Waals surface area contributed by atoms with Gasteiger partial charge < -0.3 is 14.8 Å². The maximum absolute atomic E-state index is 11.7. The Morgan fingerprint density at radius 1 is 1.29 bits per heavy atom. The van der Waals surface area contributed by atoms with Crippen molar-refractivity contribution in [2.75, 3.05) is 39.4 Å². The number of esters is 1. The molecule has 1 aromatic carbocycles. The second-order valence-electron chi connectivity index (χ2n) is 5.18. The molecule has 112 valence electrons. The van der Waals surface area contributed by atoms with Crippen LogP contribution >= 0.6 is 0 Å². The monoisotopic (exact) mass is 289 g/mol. The smallest absolute Gasteiger partial charge is 0.359 e. The number of nitrogens with zero attached hydrogens (tertiary/aromatic N) is 1. The zero-order chi connectivity index (χ0) is 14.7. The lowest BCUT2D eigenvalue weighted by Crippen LogP contribution is -2.44. The molecule has 1 saturated heterocycles. The van der Waals surface area contributed by atoms with Crippen molar-refractivity contribution in [3.8, 4) is 5.75 Å². The van der Waals surface area contributed by atoms with Crippen molar-refractivity contribution in [2.24, 2.45) is 0 Å². The molecule has 1 atom stereocenters. The average Bonchev–Trinajstić information content (AvgIpc) is 2.52. The van der Waals surface area contributed by atoms with Gasteiger partial charge in [0.15, 0.2) is 0 Å². The third-order valence-electron chi connectivity index (χ3n) is 3.82. The predicted molar refractivity (Wildman–Crippen MR) is 77.8 cm³/mol. The van der Waals surface area contributed by atoms with Gasteiger partial charge in [-0.1, -0.05) is 18.2 Å². The molecule has 6 heteroatoms. The van der Waals surface area contributed by atoms with E-state index in [0.717, 1.165) is 38.4 Å². The molecule has 3 rings (SSSR count). The van der Waals surface area contributed by atoms with Crippen LogP contribution in [0.5, 0.6) is 5.75 Å². The van der Waals surface area contributed by atoms with Crippen LogP contribution in [0.3, 0.4) is 0 Å². The van der Waals surface area contributed by atoms with Gasteiger partial charge in [-0.25, -0.2) is 4.79 Å². The number of ether oxygens (including phenoxy) is 2. The minimum atomic E-state index is -0.572. The molecule has 6 nitrogen and oxygen atoms in total. The van der Waals surface area contributed by atoms with Gasteiger partial charge in [-0.2, -0.15) is 0 Å². The van der Waals surface area contributed by atoms with Gasteiger partial charge in [0.05, 0.1) is 19.3 Å². The molecule has 2 aliphatic heterocycles. The molecule has 21 heavy (non-hydrogen) atoms. The number of hydrogen-bond acceptors (Lipinski definition) is 6. The summed E-state index contributed by atoms with van der Waals surface area (Å²) in [5.74, 6) is -0.0278. The van der Waals surface area contributed by atoms with Crippen LogP contribution < -0.4 is 10.1 Å². The fourth-order valence-electron chi connectivity index (χ4n) is 2.64. The SMILES string of the molecule is N=C1C(=O)Oc2ccccc2C1NCCN1CCOCC1. The number of morpholine rings is 1. The Morgan fingerprint density at radius 3 is 2.86 bits per heavy atom. The van der Waals surface area contributed by atoms with Gasteiger partial charge in [0.1, 0.15) is 11.5 Å². The summed E-state index contributed by atoms with van der Waals surface area (Å²) in [6.45, 7) is 5.01. The van der Waals surface area contributed by atoms with E-state index >= 15 is 0 Å². The number of rotatable bonds is 4. The third kappa shape index (κ3) is 3.12. The maximum Gasteiger partial charge on any atom is 0.359 e. The fourth-order valence-corrected chi connectivity index (χ4v) is 2.64. The topological polar surface area (TPSA) is 74.7 Å². The standard InChI is InChI=1S/C15H19N3O3/c16-13-14(17-5-6-18-7-9-20-10-8-18)11-3-1-2-4-12(11)21-15(13)19/h1-4,14,16-17H,5-10H2. The zero-order valence-corrected chi connectivity index (χ0v) is 11.8. The second kappa shape index (κ2) is 6.34. The van der Waals surface area contributed by atoms with Crippen molar-refractivity contribution in [1.29, 1.82) is 5.41 Å². The Hall–Kier alpha value is -1.76. The molecule has 1 unspecified atom stereocenters. The van der Waals surface area contributed by atoms with E-state index in [1.165, 1.54) is 0 Å². The van der Waals surface area contributed by atoms with Crippen molar-refractivity contribution >= 4 is 11.7 Å². The molecule has 0 aromatic heterocycles. The van der Waals surface area contributed by atoms with Gasteiger partial charge in [-0.05, 0) is 6.07 Å². The van der Waals surface area contributed by atoms with E-state index in [4.69, 9.17) is 14.9 Å². The summed E-state index contributed by atoms with van der Waals surface area (Å²) in [6.07, 6.45) is 0. The fraction of sp³-hybridized carbons (Fsp3) is 0.467. The molecule has 0 amide bonds. The highest BCUT2D eigenvalue weighted by molar-refractivity contribution is 6.38. The molecular formula is C15H19N3O3. The summed E-state index contributed by atoms with van der Waals surface area (Å²) in [6, 6.07) is 6.98. The highest BCUT2D eigenvalue weighted by atomic mass is 16.5. The number of carbonyl (C=O) groups excluding carboxylic acids is 1. The van der Waals surface area contributed by atoms with Crippen molar-refractivity contribution < 1.29 is 14.3 Å². The van der Waals surface area contributed by atoms with E-state index in [2.05, 4.69) is 10.2 Å². The van der Waals surface area contributed by atoms with Gasteiger partial charge in [-0.15, -0.1) is 0 Å². The van der Waals surface area contributed by atoms with E-state index in [9.17, 15) is 4.79 Å². The minimum absolute atomic E-state index is 0.0318. The first-order valence-electron chi connectivity index (χ1n) is 7.19. The molecule has 2 N–H and O–H groups in total. The number of carbonyl (C=O) groups is 1. The minimum Gasteiger partial charge on any atom is -0.422 e. The Balaban J connectivity index is 1.63. The summed E-state index contributed by atoms with van der Waals surface area (Å²) in [5, 5.41) is 11.2. The largest absolute Gasteiger partial charge is 0.422 e. The summed E-state index contributed by atoms with van der Waals surface area (Å²) in [7, 11) is 0. The number of benzene rings is 1. The second-order valence-corrected chi connectivity index (χ2v) is 5.18. The van der Waals surface area contributed by atoms with E-state index in [1.807, 2.05) is 18.2 Å². The molecule has 2 aliphatic rings. The molecule has 1 fully saturated rings. The number of hydrogen-bond donors (Lipinski definition) is 2. The molecule has 1 aromatic rings. The number of para-hydroxylation sites is 1. The normalized spacial score (nSPS) is 22.8. The van der Waals surface area contributed by atoms with Crippen LogP contribution in [0.4, 0.5) is 0 Å². The van der Waals surface area contributed by atoms with Crippen molar-refractivity contribution in [3.05, 3.63) is 29.8 Å². The van der Waals surface area contributed by atoms with E-state index in [1.54, 1.807) is 6.07 Å². The molecule has 0 spiro atoms. The first kappa shape index (κ1) is 14.2. The van der Waals surface area contributed by atoms with Crippen molar-refractivity contribution in [3.63, 3.8) is 0 Å². The predicted octanol–water partition coefficient (Wildman–Crippen LogP) is 0.588. The number of nitrogens with one attached hydrogen (secondary N) is 2. The molecule has 0 bridgehead atoms. The lowest BCUT2D eigenvalue weighted by Gasteiger charge is -2.29. The summed E-state index contributed by atoms with van der Waals surface area (Å²) < 4.78 is 10.5. The Kier molecular flexibility index (Phi) is 4.28. The van der Waals surface area contributed by atoms with Crippen LogP contribution in [0, 0.1) is 5.41 Å². The Morgan fingerprint density at radius 2 is 2.05 bits per heavy atom. The average molecular weight is 289 g/mol. The van der Waals surface area contributed by atoms with Gasteiger partial charge in [0.2, 0.25) is 0 Å². The molecule has 0 saturated carbocycles. The first-order chi connectivity index (χ1) is 10.3. The zero-order valence-electron chi connectivity index (χ0n) is 11.8. The third-order valence-corrected chi connectivity index (χ3v) is 3.82. The molecular weight excluding hydrogens is 270 g/mol. The van der Waals surface area contributed by atoms with Crippen molar-refractivity contribution in [1.82, 2.24) is 10.2 Å². The first-order valence-corrected chi connectivity index (χ1v) is 7.19.